The zero-order valence-corrected chi connectivity index (χ0v) is 16.3. The molecule has 0 spiro atoms. The van der Waals surface area contributed by atoms with Crippen molar-refractivity contribution in [2.24, 2.45) is 0 Å². The van der Waals surface area contributed by atoms with E-state index in [0.29, 0.717) is 12.0 Å². The number of amides is 2. The van der Waals surface area contributed by atoms with Crippen LogP contribution in [-0.4, -0.2) is 47.6 Å². The van der Waals surface area contributed by atoms with Crippen molar-refractivity contribution in [2.45, 2.75) is 44.7 Å². The van der Waals surface area contributed by atoms with Crippen LogP contribution in [0.15, 0.2) is 22.8 Å². The first-order chi connectivity index (χ1) is 12.1. The van der Waals surface area contributed by atoms with Crippen LogP contribution in [-0.2, 0) is 6.42 Å². The van der Waals surface area contributed by atoms with E-state index in [1.165, 1.54) is 22.0 Å². The normalized spacial score (nSPS) is 24.8. The Morgan fingerprint density at radius 3 is 2.92 bits per heavy atom. The molecule has 134 valence electrons. The molecule has 4 rings (SSSR count). The molecule has 1 saturated heterocycles. The number of rotatable bonds is 3. The smallest absolute Gasteiger partial charge is 0.317 e. The standard InChI is InChI=1S/C19H25BrN4O/c1-3-24(4-2)19(25)22-11-8-13-12-6-5-7-15-17(12)14(18(20)23-15)9-16(13)21-10-11/h5-7,11,13,16,21,23H,3-4,8-10H2,1-2H3,(H,22,25)/t11-,13?,16+/m0/s1. The SMILES string of the molecule is CCN(CC)C(=O)N[C@@H]1CN[C@@H]2Cc3c(Br)[nH]c4cccc(c34)C2C1. The molecule has 6 heteroatoms. The molecule has 25 heavy (non-hydrogen) atoms. The highest BCUT2D eigenvalue weighted by molar-refractivity contribution is 9.10. The number of carbonyl (C=O) groups excluding carboxylic acids is 1. The number of fused-ring (bicyclic) bond motifs is 2. The van der Waals surface area contributed by atoms with Gasteiger partial charge in [-0.2, -0.15) is 0 Å². The van der Waals surface area contributed by atoms with E-state index in [9.17, 15) is 4.79 Å². The van der Waals surface area contributed by atoms with E-state index < -0.39 is 0 Å². The summed E-state index contributed by atoms with van der Waals surface area (Å²) in [6.45, 7) is 6.36. The van der Waals surface area contributed by atoms with E-state index in [-0.39, 0.29) is 12.1 Å². The maximum absolute atomic E-state index is 12.4. The number of piperidine rings is 1. The summed E-state index contributed by atoms with van der Waals surface area (Å²) in [5.74, 6) is 0.439. The first-order valence-electron chi connectivity index (χ1n) is 9.20. The summed E-state index contributed by atoms with van der Waals surface area (Å²) in [7, 11) is 0. The molecule has 1 fully saturated rings. The summed E-state index contributed by atoms with van der Waals surface area (Å²) in [5, 5.41) is 8.28. The van der Waals surface area contributed by atoms with E-state index in [1.807, 2.05) is 18.7 Å². The lowest BCUT2D eigenvalue weighted by Crippen LogP contribution is -2.56. The maximum atomic E-state index is 12.4. The average Bonchev–Trinajstić information content (AvgIpc) is 2.93. The third kappa shape index (κ3) is 2.85. The van der Waals surface area contributed by atoms with Crippen molar-refractivity contribution < 1.29 is 4.79 Å². The van der Waals surface area contributed by atoms with Gasteiger partial charge in [0.25, 0.3) is 0 Å². The Hall–Kier alpha value is -1.53. The van der Waals surface area contributed by atoms with Crippen LogP contribution in [0.4, 0.5) is 4.79 Å². The van der Waals surface area contributed by atoms with Crippen molar-refractivity contribution in [3.8, 4) is 0 Å². The molecular weight excluding hydrogens is 380 g/mol. The third-order valence-corrected chi connectivity index (χ3v) is 6.44. The predicted molar refractivity (Wildman–Crippen MR) is 104 cm³/mol. The summed E-state index contributed by atoms with van der Waals surface area (Å²) in [4.78, 5) is 17.7. The Balaban J connectivity index is 1.58. The zero-order chi connectivity index (χ0) is 17.6. The van der Waals surface area contributed by atoms with E-state index >= 15 is 0 Å². The van der Waals surface area contributed by atoms with Crippen LogP contribution in [0.2, 0.25) is 0 Å². The number of halogens is 1. The minimum absolute atomic E-state index is 0.0503. The number of urea groups is 1. The molecular formula is C19H25BrN4O. The number of aromatic amines is 1. The van der Waals surface area contributed by atoms with E-state index in [0.717, 1.165) is 37.1 Å². The van der Waals surface area contributed by atoms with Crippen LogP contribution in [0.1, 0.15) is 37.3 Å². The number of hydrogen-bond acceptors (Lipinski definition) is 2. The van der Waals surface area contributed by atoms with Gasteiger partial charge in [0, 0.05) is 48.5 Å². The Morgan fingerprint density at radius 2 is 2.16 bits per heavy atom. The van der Waals surface area contributed by atoms with Gasteiger partial charge in [0.05, 0.1) is 4.60 Å². The monoisotopic (exact) mass is 404 g/mol. The van der Waals surface area contributed by atoms with Gasteiger partial charge in [-0.25, -0.2) is 4.79 Å². The largest absolute Gasteiger partial charge is 0.349 e. The van der Waals surface area contributed by atoms with Crippen LogP contribution < -0.4 is 10.6 Å². The lowest BCUT2D eigenvalue weighted by molar-refractivity contribution is 0.191. The van der Waals surface area contributed by atoms with Crippen molar-refractivity contribution in [3.05, 3.63) is 33.9 Å². The Labute approximate surface area is 156 Å². The molecule has 5 nitrogen and oxygen atoms in total. The van der Waals surface area contributed by atoms with Crippen LogP contribution >= 0.6 is 15.9 Å². The molecule has 1 aromatic carbocycles. The minimum Gasteiger partial charge on any atom is -0.349 e. The number of hydrogen-bond donors (Lipinski definition) is 3. The number of aromatic nitrogens is 1. The molecule has 1 unspecified atom stereocenters. The van der Waals surface area contributed by atoms with Gasteiger partial charge in [0.2, 0.25) is 0 Å². The third-order valence-electron chi connectivity index (χ3n) is 5.76. The number of nitrogens with zero attached hydrogens (tertiary/aromatic N) is 1. The summed E-state index contributed by atoms with van der Waals surface area (Å²) in [6, 6.07) is 7.18. The molecule has 0 bridgehead atoms. The van der Waals surface area contributed by atoms with Gasteiger partial charge in [0.1, 0.15) is 0 Å². The van der Waals surface area contributed by atoms with E-state index in [2.05, 4.69) is 49.7 Å². The highest BCUT2D eigenvalue weighted by Gasteiger charge is 2.37. The molecule has 1 aliphatic carbocycles. The summed E-state index contributed by atoms with van der Waals surface area (Å²) < 4.78 is 1.10. The summed E-state index contributed by atoms with van der Waals surface area (Å²) >= 11 is 3.68. The topological polar surface area (TPSA) is 60.2 Å². The highest BCUT2D eigenvalue weighted by Crippen LogP contribution is 2.43. The second-order valence-corrected chi connectivity index (χ2v) is 7.86. The predicted octanol–water partition coefficient (Wildman–Crippen LogP) is 3.35. The van der Waals surface area contributed by atoms with Crippen molar-refractivity contribution >= 4 is 32.9 Å². The molecule has 3 atom stereocenters. The van der Waals surface area contributed by atoms with Crippen molar-refractivity contribution in [3.63, 3.8) is 0 Å². The Kier molecular flexibility index (Phi) is 4.50. The molecule has 1 aromatic heterocycles. The number of benzene rings is 1. The quantitative estimate of drug-likeness (QED) is 0.734. The van der Waals surface area contributed by atoms with Gasteiger partial charge in [-0.3, -0.25) is 0 Å². The maximum Gasteiger partial charge on any atom is 0.317 e. The molecule has 3 N–H and O–H groups in total. The lowest BCUT2D eigenvalue weighted by atomic mass is 9.75. The molecule has 2 heterocycles. The zero-order valence-electron chi connectivity index (χ0n) is 14.7. The second-order valence-electron chi connectivity index (χ2n) is 7.07. The first kappa shape index (κ1) is 16.9. The minimum atomic E-state index is 0.0503. The van der Waals surface area contributed by atoms with Gasteiger partial charge in [-0.05, 0) is 59.8 Å². The van der Waals surface area contributed by atoms with Crippen LogP contribution in [0.25, 0.3) is 10.9 Å². The van der Waals surface area contributed by atoms with Crippen molar-refractivity contribution in [1.29, 1.82) is 0 Å². The lowest BCUT2D eigenvalue weighted by Gasteiger charge is -2.41. The number of nitrogens with one attached hydrogen (secondary N) is 3. The fourth-order valence-corrected chi connectivity index (χ4v) is 5.04. The molecule has 0 radical (unpaired) electrons. The Morgan fingerprint density at radius 1 is 1.36 bits per heavy atom. The number of carbonyl (C=O) groups is 1. The van der Waals surface area contributed by atoms with E-state index in [4.69, 9.17) is 0 Å². The summed E-state index contributed by atoms with van der Waals surface area (Å²) in [5.41, 5.74) is 3.98. The fourth-order valence-electron chi connectivity index (χ4n) is 4.47. The molecule has 0 saturated carbocycles. The number of H-pyrrole nitrogens is 1. The van der Waals surface area contributed by atoms with Crippen molar-refractivity contribution in [2.75, 3.05) is 19.6 Å². The van der Waals surface area contributed by atoms with Gasteiger partial charge in [0.15, 0.2) is 0 Å². The second kappa shape index (κ2) is 6.65. The average molecular weight is 405 g/mol. The van der Waals surface area contributed by atoms with Crippen molar-refractivity contribution in [1.82, 2.24) is 20.5 Å². The molecule has 2 aromatic rings. The first-order valence-corrected chi connectivity index (χ1v) is 9.99. The Bertz CT molecular complexity index is 798. The molecule has 2 amide bonds. The highest BCUT2D eigenvalue weighted by atomic mass is 79.9. The molecule has 1 aliphatic heterocycles. The van der Waals surface area contributed by atoms with Gasteiger partial charge in [-0.15, -0.1) is 0 Å². The van der Waals surface area contributed by atoms with Gasteiger partial charge < -0.3 is 20.5 Å². The van der Waals surface area contributed by atoms with Gasteiger partial charge >= 0.3 is 6.03 Å². The van der Waals surface area contributed by atoms with Crippen LogP contribution in [0.5, 0.6) is 0 Å². The van der Waals surface area contributed by atoms with Gasteiger partial charge in [-0.1, -0.05) is 12.1 Å². The molecule has 2 aliphatic rings. The summed E-state index contributed by atoms with van der Waals surface area (Å²) in [6.07, 6.45) is 2.02. The van der Waals surface area contributed by atoms with E-state index in [1.54, 1.807) is 0 Å². The van der Waals surface area contributed by atoms with Crippen LogP contribution in [0.3, 0.4) is 0 Å². The fraction of sp³-hybridized carbons (Fsp3) is 0.526. The van der Waals surface area contributed by atoms with Crippen LogP contribution in [0, 0.1) is 0 Å².